The molecule has 2 amide bonds. The second-order valence-corrected chi connectivity index (χ2v) is 5.90. The number of carboxylic acids is 2. The number of carboxylic acid groups (broad SMARTS) is 2. The summed E-state index contributed by atoms with van der Waals surface area (Å²) in [5.41, 5.74) is 9.58. The van der Waals surface area contributed by atoms with Gasteiger partial charge in [0.1, 0.15) is 0 Å². The van der Waals surface area contributed by atoms with Gasteiger partial charge < -0.3 is 21.7 Å². The van der Waals surface area contributed by atoms with E-state index in [2.05, 4.69) is 0 Å². The lowest BCUT2D eigenvalue weighted by Gasteiger charge is -2.00. The highest BCUT2D eigenvalue weighted by molar-refractivity contribution is 5.76. The van der Waals surface area contributed by atoms with Crippen molar-refractivity contribution in [2.24, 2.45) is 11.5 Å². The molecule has 0 rings (SSSR count). The van der Waals surface area contributed by atoms with E-state index in [0.717, 1.165) is 51.4 Å². The van der Waals surface area contributed by atoms with Gasteiger partial charge >= 0.3 is 11.9 Å². The zero-order valence-corrected chi connectivity index (χ0v) is 14.9. The second kappa shape index (κ2) is 18.2. The predicted octanol–water partition coefficient (Wildman–Crippen LogP) is 2.18. The van der Waals surface area contributed by atoms with Gasteiger partial charge in [-0.3, -0.25) is 19.2 Å². The number of nitrogens with two attached hydrogens (primary N) is 2. The molecule has 0 aromatic heterocycles. The predicted molar refractivity (Wildman–Crippen MR) is 93.7 cm³/mol. The van der Waals surface area contributed by atoms with E-state index >= 15 is 0 Å². The van der Waals surface area contributed by atoms with Crippen LogP contribution in [-0.2, 0) is 19.2 Å². The molecule has 0 aliphatic rings. The molecule has 0 bridgehead atoms. The van der Waals surface area contributed by atoms with Crippen molar-refractivity contribution in [2.45, 2.75) is 83.5 Å². The Morgan fingerprint density at radius 1 is 0.480 bits per heavy atom. The number of unbranched alkanes of at least 4 members (excludes halogenated alkanes) is 7. The summed E-state index contributed by atoms with van der Waals surface area (Å²) >= 11 is 0. The van der Waals surface area contributed by atoms with Gasteiger partial charge in [0.15, 0.2) is 0 Å². The Bertz CT molecular complexity index is 363. The van der Waals surface area contributed by atoms with Crippen molar-refractivity contribution in [3.8, 4) is 0 Å². The number of carbonyl (C=O) groups is 4. The summed E-state index contributed by atoms with van der Waals surface area (Å²) in [6.45, 7) is 0. The molecule has 8 nitrogen and oxygen atoms in total. The summed E-state index contributed by atoms with van der Waals surface area (Å²) in [4.78, 5) is 40.5. The maximum Gasteiger partial charge on any atom is 0.303 e. The van der Waals surface area contributed by atoms with Gasteiger partial charge in [-0.2, -0.15) is 0 Å². The maximum absolute atomic E-state index is 10.2. The van der Waals surface area contributed by atoms with Crippen molar-refractivity contribution in [3.05, 3.63) is 0 Å². The molecular formula is C17H32N2O6. The fourth-order valence-corrected chi connectivity index (χ4v) is 2.05. The average Bonchev–Trinajstić information content (AvgIpc) is 2.48. The number of hydrogen-bond donors (Lipinski definition) is 4. The third kappa shape index (κ3) is 30.3. The normalized spacial score (nSPS) is 9.76. The Labute approximate surface area is 148 Å². The lowest BCUT2D eigenvalue weighted by Crippen LogP contribution is -2.14. The topological polar surface area (TPSA) is 161 Å². The highest BCUT2D eigenvalue weighted by Crippen LogP contribution is 2.10. The van der Waals surface area contributed by atoms with E-state index in [1.165, 1.54) is 0 Å². The third-order valence-corrected chi connectivity index (χ3v) is 3.38. The Balaban J connectivity index is 0. The molecule has 0 aromatic carbocycles. The van der Waals surface area contributed by atoms with Crippen LogP contribution in [0.5, 0.6) is 0 Å². The molecule has 0 heterocycles. The fourth-order valence-electron chi connectivity index (χ4n) is 2.05. The first-order valence-electron chi connectivity index (χ1n) is 8.76. The van der Waals surface area contributed by atoms with Gasteiger partial charge in [0.2, 0.25) is 11.8 Å². The van der Waals surface area contributed by atoms with Crippen LogP contribution in [-0.4, -0.2) is 34.0 Å². The molecule has 6 N–H and O–H groups in total. The van der Waals surface area contributed by atoms with Gasteiger partial charge in [0, 0.05) is 25.7 Å². The van der Waals surface area contributed by atoms with E-state index in [1.54, 1.807) is 0 Å². The van der Waals surface area contributed by atoms with E-state index in [0.29, 0.717) is 6.42 Å². The molecule has 0 spiro atoms. The minimum absolute atomic E-state index is 0.239. The number of primary amides is 2. The summed E-state index contributed by atoms with van der Waals surface area (Å²) in [5.74, 6) is -2.21. The number of rotatable bonds is 15. The van der Waals surface area contributed by atoms with E-state index in [4.69, 9.17) is 21.7 Å². The Morgan fingerprint density at radius 2 is 0.760 bits per heavy atom. The maximum atomic E-state index is 10.2. The van der Waals surface area contributed by atoms with Crippen LogP contribution in [0.1, 0.15) is 83.5 Å². The van der Waals surface area contributed by atoms with Crippen molar-refractivity contribution < 1.29 is 29.4 Å². The van der Waals surface area contributed by atoms with Crippen LogP contribution >= 0.6 is 0 Å². The molecule has 0 atom stereocenters. The molecule has 146 valence electrons. The summed E-state index contributed by atoms with van der Waals surface area (Å²) in [6, 6.07) is 0. The molecule has 8 heteroatoms. The molecule has 0 aromatic rings. The van der Waals surface area contributed by atoms with E-state index in [9.17, 15) is 19.2 Å². The molecule has 25 heavy (non-hydrogen) atoms. The highest BCUT2D eigenvalue weighted by Gasteiger charge is 1.98. The summed E-state index contributed by atoms with van der Waals surface area (Å²) < 4.78 is 0. The Hall–Kier alpha value is -2.12. The number of hydrogen-bond acceptors (Lipinski definition) is 4. The van der Waals surface area contributed by atoms with Crippen LogP contribution in [0.2, 0.25) is 0 Å². The lowest BCUT2D eigenvalue weighted by atomic mass is 10.1. The zero-order chi connectivity index (χ0) is 19.5. The van der Waals surface area contributed by atoms with Crippen LogP contribution in [0.4, 0.5) is 0 Å². The minimum atomic E-state index is -0.714. The van der Waals surface area contributed by atoms with Crippen LogP contribution in [0, 0.1) is 0 Å². The largest absolute Gasteiger partial charge is 0.481 e. The number of amides is 2. The standard InChI is InChI=1S/C12H22O4.C5H10N2O2/c13-11(14)9-7-5-3-1-2-4-6-8-10-12(15)16;6-4(8)2-1-3-5(7)9/h1-10H2,(H,13,14)(H,15,16);1-3H2,(H2,6,8)(H2,7,9). The van der Waals surface area contributed by atoms with Crippen molar-refractivity contribution in [3.63, 3.8) is 0 Å². The third-order valence-electron chi connectivity index (χ3n) is 3.38. The quantitative estimate of drug-likeness (QED) is 0.327. The first-order chi connectivity index (χ1) is 11.8. The van der Waals surface area contributed by atoms with Crippen LogP contribution in [0.15, 0.2) is 0 Å². The average molecular weight is 360 g/mol. The van der Waals surface area contributed by atoms with E-state index in [-0.39, 0.29) is 25.7 Å². The first-order valence-corrected chi connectivity index (χ1v) is 8.76. The molecule has 0 radical (unpaired) electrons. The van der Waals surface area contributed by atoms with Gasteiger partial charge in [-0.05, 0) is 19.3 Å². The highest BCUT2D eigenvalue weighted by atomic mass is 16.4. The number of aliphatic carboxylic acids is 2. The fraction of sp³-hybridized carbons (Fsp3) is 0.765. The van der Waals surface area contributed by atoms with Crippen molar-refractivity contribution in [2.75, 3.05) is 0 Å². The van der Waals surface area contributed by atoms with E-state index < -0.39 is 23.8 Å². The van der Waals surface area contributed by atoms with Gasteiger partial charge in [0.05, 0.1) is 0 Å². The number of carbonyl (C=O) groups excluding carboxylic acids is 2. The molecular weight excluding hydrogens is 328 g/mol. The van der Waals surface area contributed by atoms with Gasteiger partial charge in [-0.15, -0.1) is 0 Å². The van der Waals surface area contributed by atoms with Crippen molar-refractivity contribution in [1.82, 2.24) is 0 Å². The Morgan fingerprint density at radius 3 is 1.00 bits per heavy atom. The van der Waals surface area contributed by atoms with Crippen LogP contribution < -0.4 is 11.5 Å². The zero-order valence-electron chi connectivity index (χ0n) is 14.9. The first kappa shape index (κ1) is 25.1. The molecule has 0 unspecified atom stereocenters. The molecule has 0 aliphatic heterocycles. The summed E-state index contributed by atoms with van der Waals surface area (Å²) in [6.07, 6.45) is 9.46. The molecule has 0 saturated carbocycles. The van der Waals surface area contributed by atoms with Gasteiger partial charge in [-0.1, -0.05) is 38.5 Å². The van der Waals surface area contributed by atoms with Gasteiger partial charge in [0.25, 0.3) is 0 Å². The van der Waals surface area contributed by atoms with Crippen molar-refractivity contribution >= 4 is 23.8 Å². The second-order valence-electron chi connectivity index (χ2n) is 5.90. The summed E-state index contributed by atoms with van der Waals surface area (Å²) in [5, 5.41) is 16.8. The smallest absolute Gasteiger partial charge is 0.303 e. The lowest BCUT2D eigenvalue weighted by molar-refractivity contribution is -0.138. The van der Waals surface area contributed by atoms with E-state index in [1.807, 2.05) is 0 Å². The molecule has 0 aliphatic carbocycles. The summed E-state index contributed by atoms with van der Waals surface area (Å²) in [7, 11) is 0. The van der Waals surface area contributed by atoms with Gasteiger partial charge in [-0.25, -0.2) is 0 Å². The molecule has 0 saturated heterocycles. The van der Waals surface area contributed by atoms with Crippen LogP contribution in [0.3, 0.4) is 0 Å². The SMILES string of the molecule is NC(=O)CCCC(N)=O.O=C(O)CCCCCCCCCCC(=O)O. The molecule has 0 fully saturated rings. The Kier molecular flexibility index (Phi) is 18.3. The van der Waals surface area contributed by atoms with Crippen molar-refractivity contribution in [1.29, 1.82) is 0 Å². The monoisotopic (exact) mass is 360 g/mol. The van der Waals surface area contributed by atoms with Crippen LogP contribution in [0.25, 0.3) is 0 Å². The minimum Gasteiger partial charge on any atom is -0.481 e.